The smallest absolute Gasteiger partial charge is 0.187 e. The molecule has 0 amide bonds. The van der Waals surface area contributed by atoms with E-state index in [0.717, 1.165) is 50.5 Å². The zero-order chi connectivity index (χ0) is 41.3. The van der Waals surface area contributed by atoms with Crippen molar-refractivity contribution < 1.29 is 70.0 Å². The molecule has 14 nitrogen and oxygen atoms in total. The van der Waals surface area contributed by atoms with Gasteiger partial charge in [0.15, 0.2) is 12.6 Å². The molecule has 6 fully saturated rings. The number of aliphatic hydroxyl groups is 10. The van der Waals surface area contributed by atoms with Crippen molar-refractivity contribution in [2.24, 2.45) is 45.3 Å². The minimum atomic E-state index is -1.75. The topological polar surface area (TPSA) is 239 Å². The van der Waals surface area contributed by atoms with E-state index in [2.05, 4.69) is 34.6 Å². The molecule has 19 atom stereocenters. The van der Waals surface area contributed by atoms with Crippen molar-refractivity contribution in [3.8, 4) is 0 Å². The highest BCUT2D eigenvalue weighted by Crippen LogP contribution is 2.75. The van der Waals surface area contributed by atoms with Crippen molar-refractivity contribution in [1.82, 2.24) is 0 Å². The Morgan fingerprint density at radius 3 is 1.93 bits per heavy atom. The van der Waals surface area contributed by atoms with Gasteiger partial charge in [-0.15, -0.1) is 0 Å². The van der Waals surface area contributed by atoms with Crippen LogP contribution in [0.4, 0.5) is 0 Å². The summed E-state index contributed by atoms with van der Waals surface area (Å²) in [7, 11) is 0. The second kappa shape index (κ2) is 16.2. The van der Waals surface area contributed by atoms with Crippen molar-refractivity contribution in [1.29, 1.82) is 0 Å². The SMILES string of the molecule is CC(C)(O)C(O)CC=C(CO)[C@H]1CC[C@]2(C)[C@@H]1CC[C@@H]1[C@@]3(C)CC[C@H](O[C@@H]4O[C@H](CO)[C@@H](O)[C@H](O)[C@H]4OC4O[C@H](CO)[C@@H](O)[C@H](O)[C@H]4O)C(C)(C)[C@@H]3CC[C@]12C. The molecule has 0 aromatic carbocycles. The van der Waals surface area contributed by atoms with Crippen molar-refractivity contribution in [2.75, 3.05) is 19.8 Å². The van der Waals surface area contributed by atoms with Gasteiger partial charge in [0.05, 0.1) is 37.6 Å². The largest absolute Gasteiger partial charge is 0.394 e. The third kappa shape index (κ3) is 7.37. The molecular formula is C42H72O14. The van der Waals surface area contributed by atoms with E-state index in [1.807, 2.05) is 6.08 Å². The first-order valence-electron chi connectivity index (χ1n) is 21.0. The third-order valence-corrected chi connectivity index (χ3v) is 16.7. The fourth-order valence-corrected chi connectivity index (χ4v) is 13.1. The van der Waals surface area contributed by atoms with E-state index in [0.29, 0.717) is 24.7 Å². The lowest BCUT2D eigenvalue weighted by Crippen LogP contribution is -2.66. The molecule has 2 aliphatic heterocycles. The van der Waals surface area contributed by atoms with Gasteiger partial charge in [-0.3, -0.25) is 0 Å². The van der Waals surface area contributed by atoms with Gasteiger partial charge in [0, 0.05) is 0 Å². The highest BCUT2D eigenvalue weighted by atomic mass is 16.8. The van der Waals surface area contributed by atoms with Gasteiger partial charge in [-0.2, -0.15) is 0 Å². The lowest BCUT2D eigenvalue weighted by atomic mass is 9.35. The van der Waals surface area contributed by atoms with Gasteiger partial charge in [-0.25, -0.2) is 0 Å². The molecular weight excluding hydrogens is 728 g/mol. The Morgan fingerprint density at radius 2 is 1.32 bits per heavy atom. The second-order valence-corrected chi connectivity index (χ2v) is 20.1. The summed E-state index contributed by atoms with van der Waals surface area (Å²) in [5, 5.41) is 105. The summed E-state index contributed by atoms with van der Waals surface area (Å²) in [4.78, 5) is 0. The normalized spacial score (nSPS) is 50.2. The molecule has 6 aliphatic rings. The summed E-state index contributed by atoms with van der Waals surface area (Å²) in [5.74, 6) is 1.34. The molecule has 2 unspecified atom stereocenters. The molecule has 324 valence electrons. The first-order chi connectivity index (χ1) is 26.1. The van der Waals surface area contributed by atoms with Crippen LogP contribution in [0.1, 0.15) is 106 Å². The van der Waals surface area contributed by atoms with Crippen LogP contribution in [0, 0.1) is 45.3 Å². The van der Waals surface area contributed by atoms with Gasteiger partial charge in [-0.05, 0) is 123 Å². The Balaban J connectivity index is 1.21. The van der Waals surface area contributed by atoms with E-state index in [9.17, 15) is 51.1 Å². The summed E-state index contributed by atoms with van der Waals surface area (Å²) in [6.45, 7) is 13.7. The van der Waals surface area contributed by atoms with E-state index in [-0.39, 0.29) is 46.2 Å². The molecule has 10 N–H and O–H groups in total. The number of ether oxygens (including phenoxy) is 4. The average molecular weight is 801 g/mol. The van der Waals surface area contributed by atoms with E-state index in [4.69, 9.17) is 18.9 Å². The zero-order valence-corrected chi connectivity index (χ0v) is 34.4. The molecule has 4 aliphatic carbocycles. The minimum Gasteiger partial charge on any atom is -0.394 e. The zero-order valence-electron chi connectivity index (χ0n) is 34.4. The minimum absolute atomic E-state index is 0.0160. The summed E-state index contributed by atoms with van der Waals surface area (Å²) in [6, 6.07) is 0. The quantitative estimate of drug-likeness (QED) is 0.104. The number of hydrogen-bond acceptors (Lipinski definition) is 14. The second-order valence-electron chi connectivity index (χ2n) is 20.1. The Kier molecular flexibility index (Phi) is 13.0. The highest BCUT2D eigenvalue weighted by molar-refractivity contribution is 5.22. The summed E-state index contributed by atoms with van der Waals surface area (Å²) < 4.78 is 24.4. The van der Waals surface area contributed by atoms with Gasteiger partial charge in [0.2, 0.25) is 0 Å². The monoisotopic (exact) mass is 800 g/mol. The molecule has 0 bridgehead atoms. The lowest BCUT2D eigenvalue weighted by Gasteiger charge is -2.70. The summed E-state index contributed by atoms with van der Waals surface area (Å²) in [5.41, 5.74) is -0.544. The van der Waals surface area contributed by atoms with E-state index in [1.54, 1.807) is 13.8 Å². The highest BCUT2D eigenvalue weighted by Gasteiger charge is 2.69. The maximum absolute atomic E-state index is 11.3. The molecule has 0 spiro atoms. The number of aliphatic hydroxyl groups excluding tert-OH is 9. The first-order valence-corrected chi connectivity index (χ1v) is 21.0. The molecule has 2 saturated heterocycles. The van der Waals surface area contributed by atoms with E-state index in [1.165, 1.54) is 0 Å². The maximum Gasteiger partial charge on any atom is 0.187 e. The summed E-state index contributed by atoms with van der Waals surface area (Å²) in [6.07, 6.45) is -6.35. The van der Waals surface area contributed by atoms with Crippen molar-refractivity contribution in [3.63, 3.8) is 0 Å². The van der Waals surface area contributed by atoms with Crippen LogP contribution in [-0.4, -0.2) is 150 Å². The van der Waals surface area contributed by atoms with Gasteiger partial charge in [0.25, 0.3) is 0 Å². The van der Waals surface area contributed by atoms with Crippen LogP contribution in [-0.2, 0) is 18.9 Å². The maximum atomic E-state index is 11.3. The van der Waals surface area contributed by atoms with Gasteiger partial charge in [-0.1, -0.05) is 40.7 Å². The van der Waals surface area contributed by atoms with Crippen LogP contribution in [0.15, 0.2) is 11.6 Å². The van der Waals surface area contributed by atoms with Gasteiger partial charge in [0.1, 0.15) is 48.8 Å². The molecule has 0 aromatic heterocycles. The van der Waals surface area contributed by atoms with Crippen molar-refractivity contribution in [3.05, 3.63) is 11.6 Å². The molecule has 0 aromatic rings. The van der Waals surface area contributed by atoms with Gasteiger partial charge < -0.3 is 70.0 Å². The van der Waals surface area contributed by atoms with Gasteiger partial charge >= 0.3 is 0 Å². The Bertz CT molecular complexity index is 1390. The standard InChI is InChI=1S/C42H72O14/c1-38(2)26-13-17-42(7)27(10-9-23-22(12-16-41(23,42)6)21(18-43)8-11-28(46)39(3,4)52)40(26,5)15-14-29(38)55-37-35(33(50)31(48)25(20-45)54-37)56-36-34(51)32(49)30(47)24(19-44)53-36/h8,22-37,43-52H,9-20H2,1-7H3/t22-,23-,24-,25-,26+,27-,28?,29+,30-,31-,32+,33+,34-,35-,36?,37+,40+,41-,42-/m1/s1. The predicted octanol–water partition coefficient (Wildman–Crippen LogP) is 1.12. The van der Waals surface area contributed by atoms with Crippen LogP contribution in [0.5, 0.6) is 0 Å². The van der Waals surface area contributed by atoms with Crippen LogP contribution in [0.25, 0.3) is 0 Å². The van der Waals surface area contributed by atoms with Crippen LogP contribution in [0.3, 0.4) is 0 Å². The van der Waals surface area contributed by atoms with E-state index < -0.39 is 86.3 Å². The molecule has 14 heteroatoms. The third-order valence-electron chi connectivity index (χ3n) is 16.7. The Hall–Kier alpha value is -0.820. The number of fused-ring (bicyclic) bond motifs is 5. The van der Waals surface area contributed by atoms with E-state index >= 15 is 0 Å². The van der Waals surface area contributed by atoms with Crippen LogP contribution < -0.4 is 0 Å². The molecule has 6 rings (SSSR count). The fourth-order valence-electron chi connectivity index (χ4n) is 13.1. The molecule has 4 saturated carbocycles. The van der Waals surface area contributed by atoms with Crippen LogP contribution >= 0.6 is 0 Å². The Morgan fingerprint density at radius 1 is 0.714 bits per heavy atom. The first kappa shape index (κ1) is 44.7. The van der Waals surface area contributed by atoms with Crippen molar-refractivity contribution >= 4 is 0 Å². The molecule has 0 radical (unpaired) electrons. The fraction of sp³-hybridized carbons (Fsp3) is 0.952. The number of hydrogen-bond donors (Lipinski definition) is 10. The summed E-state index contributed by atoms with van der Waals surface area (Å²) >= 11 is 0. The molecule has 56 heavy (non-hydrogen) atoms. The Labute approximate surface area is 331 Å². The van der Waals surface area contributed by atoms with Crippen LogP contribution in [0.2, 0.25) is 0 Å². The lowest BCUT2D eigenvalue weighted by molar-refractivity contribution is -0.378. The number of rotatable bonds is 11. The molecule has 2 heterocycles. The van der Waals surface area contributed by atoms with Crippen molar-refractivity contribution in [2.45, 2.75) is 185 Å². The average Bonchev–Trinajstić information content (AvgIpc) is 3.49. The predicted molar refractivity (Wildman–Crippen MR) is 202 cm³/mol.